The molecule has 0 unspecified atom stereocenters. The first-order valence-electron chi connectivity index (χ1n) is 6.96. The van der Waals surface area contributed by atoms with E-state index in [1.54, 1.807) is 0 Å². The van der Waals surface area contributed by atoms with Crippen LogP contribution < -0.4 is 0 Å². The highest BCUT2D eigenvalue weighted by molar-refractivity contribution is 5.70. The molecule has 0 heterocycles. The number of carboxylic acid groups (broad SMARTS) is 1. The molecule has 1 fully saturated rings. The molecule has 2 N–H and O–H groups in total. The number of aliphatic hydroxyl groups is 1. The molecular formula is C14H26O4. The minimum Gasteiger partial charge on any atom is -0.481 e. The van der Waals surface area contributed by atoms with Gasteiger partial charge in [0.15, 0.2) is 0 Å². The van der Waals surface area contributed by atoms with Crippen LogP contribution in [0.1, 0.15) is 52.4 Å². The average molecular weight is 258 g/mol. The zero-order valence-electron chi connectivity index (χ0n) is 11.5. The van der Waals surface area contributed by atoms with Gasteiger partial charge in [0.1, 0.15) is 0 Å². The van der Waals surface area contributed by atoms with Crippen LogP contribution in [0.5, 0.6) is 0 Å². The molecule has 4 nitrogen and oxygen atoms in total. The molecule has 0 aromatic rings. The summed E-state index contributed by atoms with van der Waals surface area (Å²) < 4.78 is 5.52. The first kappa shape index (κ1) is 15.4. The minimum atomic E-state index is -0.802. The fraction of sp³-hybridized carbons (Fsp3) is 0.929. The van der Waals surface area contributed by atoms with Gasteiger partial charge in [0.05, 0.1) is 18.1 Å². The third-order valence-electron chi connectivity index (χ3n) is 3.71. The van der Waals surface area contributed by atoms with Crippen LogP contribution in [0, 0.1) is 11.8 Å². The maximum atomic E-state index is 10.8. The second kappa shape index (κ2) is 7.10. The summed E-state index contributed by atoms with van der Waals surface area (Å²) >= 11 is 0. The molecule has 1 saturated carbocycles. The number of ether oxygens (including phenoxy) is 1. The van der Waals surface area contributed by atoms with E-state index in [4.69, 9.17) is 9.84 Å². The smallest absolute Gasteiger partial charge is 0.306 e. The second-order valence-electron chi connectivity index (χ2n) is 5.93. The zero-order chi connectivity index (χ0) is 13.6. The maximum absolute atomic E-state index is 10.8. The number of hydrogen-bond acceptors (Lipinski definition) is 3. The van der Waals surface area contributed by atoms with E-state index in [-0.39, 0.29) is 5.92 Å². The van der Waals surface area contributed by atoms with Crippen molar-refractivity contribution in [1.82, 2.24) is 0 Å². The molecule has 4 heteroatoms. The van der Waals surface area contributed by atoms with E-state index in [1.165, 1.54) is 0 Å². The largest absolute Gasteiger partial charge is 0.481 e. The van der Waals surface area contributed by atoms with Crippen molar-refractivity contribution in [3.8, 4) is 0 Å². The van der Waals surface area contributed by atoms with E-state index in [0.717, 1.165) is 12.8 Å². The van der Waals surface area contributed by atoms with Crippen molar-refractivity contribution in [2.75, 3.05) is 13.2 Å². The number of hydrogen-bond donors (Lipinski definition) is 2. The van der Waals surface area contributed by atoms with Crippen LogP contribution in [0.15, 0.2) is 0 Å². The van der Waals surface area contributed by atoms with E-state index >= 15 is 0 Å². The van der Waals surface area contributed by atoms with Gasteiger partial charge < -0.3 is 14.9 Å². The van der Waals surface area contributed by atoms with E-state index in [9.17, 15) is 9.90 Å². The van der Waals surface area contributed by atoms with E-state index in [0.29, 0.717) is 44.8 Å². The maximum Gasteiger partial charge on any atom is 0.306 e. The summed E-state index contributed by atoms with van der Waals surface area (Å²) in [5, 5.41) is 19.2. The average Bonchev–Trinajstić information content (AvgIpc) is 2.28. The quantitative estimate of drug-likeness (QED) is 0.688. The van der Waals surface area contributed by atoms with Gasteiger partial charge in [-0.15, -0.1) is 0 Å². The zero-order valence-corrected chi connectivity index (χ0v) is 11.5. The molecule has 0 aromatic heterocycles. The number of carboxylic acids is 1. The Bertz CT molecular complexity index is 255. The van der Waals surface area contributed by atoms with Gasteiger partial charge in [0, 0.05) is 6.61 Å². The molecule has 0 atom stereocenters. The molecule has 0 spiro atoms. The highest BCUT2D eigenvalue weighted by atomic mass is 16.5. The summed E-state index contributed by atoms with van der Waals surface area (Å²) in [6.07, 6.45) is 4.34. The highest BCUT2D eigenvalue weighted by Crippen LogP contribution is 2.32. The van der Waals surface area contributed by atoms with Crippen LogP contribution in [0.2, 0.25) is 0 Å². The van der Waals surface area contributed by atoms with E-state index < -0.39 is 11.6 Å². The van der Waals surface area contributed by atoms with Crippen LogP contribution in [0.25, 0.3) is 0 Å². The summed E-state index contributed by atoms with van der Waals surface area (Å²) in [6.45, 7) is 5.39. The molecule has 1 aliphatic rings. The summed E-state index contributed by atoms with van der Waals surface area (Å²) in [6, 6.07) is 0. The Labute approximate surface area is 109 Å². The fourth-order valence-electron chi connectivity index (χ4n) is 2.40. The van der Waals surface area contributed by atoms with Gasteiger partial charge in [-0.3, -0.25) is 4.79 Å². The van der Waals surface area contributed by atoms with Gasteiger partial charge in [-0.2, -0.15) is 0 Å². The van der Waals surface area contributed by atoms with Gasteiger partial charge in [0.25, 0.3) is 0 Å². The first-order chi connectivity index (χ1) is 8.43. The van der Waals surface area contributed by atoms with E-state index in [2.05, 4.69) is 13.8 Å². The van der Waals surface area contributed by atoms with Gasteiger partial charge in [0.2, 0.25) is 0 Å². The molecule has 0 bridgehead atoms. The summed E-state index contributed by atoms with van der Waals surface area (Å²) in [4.78, 5) is 10.8. The van der Waals surface area contributed by atoms with Crippen molar-refractivity contribution in [3.05, 3.63) is 0 Å². The second-order valence-corrected chi connectivity index (χ2v) is 5.93. The number of rotatable bonds is 7. The SMILES string of the molecule is CC(C)CCCOCC1(O)CCC(C(=O)O)CC1. The Morgan fingerprint density at radius 2 is 2.00 bits per heavy atom. The normalized spacial score (nSPS) is 28.6. The van der Waals surface area contributed by atoms with Gasteiger partial charge in [-0.25, -0.2) is 0 Å². The van der Waals surface area contributed by atoms with Crippen molar-refractivity contribution in [2.24, 2.45) is 11.8 Å². The highest BCUT2D eigenvalue weighted by Gasteiger charge is 2.35. The molecule has 18 heavy (non-hydrogen) atoms. The molecule has 0 radical (unpaired) electrons. The Morgan fingerprint density at radius 1 is 1.39 bits per heavy atom. The number of carbonyl (C=O) groups is 1. The predicted molar refractivity (Wildman–Crippen MR) is 69.4 cm³/mol. The molecule has 1 rings (SSSR count). The predicted octanol–water partition coefficient (Wildman–Crippen LogP) is 2.45. The topological polar surface area (TPSA) is 66.8 Å². The molecule has 1 aliphatic carbocycles. The fourth-order valence-corrected chi connectivity index (χ4v) is 2.40. The third-order valence-corrected chi connectivity index (χ3v) is 3.71. The minimum absolute atomic E-state index is 0.286. The van der Waals surface area contributed by atoms with Gasteiger partial charge in [-0.05, 0) is 44.4 Å². The molecule has 0 aliphatic heterocycles. The van der Waals surface area contributed by atoms with Gasteiger partial charge >= 0.3 is 5.97 Å². The van der Waals surface area contributed by atoms with Crippen molar-refractivity contribution in [1.29, 1.82) is 0 Å². The van der Waals surface area contributed by atoms with Crippen molar-refractivity contribution in [2.45, 2.75) is 58.0 Å². The Kier molecular flexibility index (Phi) is 6.09. The molecule has 0 aromatic carbocycles. The van der Waals surface area contributed by atoms with Crippen molar-refractivity contribution in [3.63, 3.8) is 0 Å². The van der Waals surface area contributed by atoms with Crippen molar-refractivity contribution >= 4 is 5.97 Å². The third kappa shape index (κ3) is 5.36. The van der Waals surface area contributed by atoms with Crippen molar-refractivity contribution < 1.29 is 19.7 Å². The number of aliphatic carboxylic acids is 1. The summed E-state index contributed by atoms with van der Waals surface area (Å²) in [5.74, 6) is -0.344. The molecule has 0 amide bonds. The summed E-state index contributed by atoms with van der Waals surface area (Å²) in [7, 11) is 0. The lowest BCUT2D eigenvalue weighted by Crippen LogP contribution is -2.40. The molecular weight excluding hydrogens is 232 g/mol. The van der Waals surface area contributed by atoms with Crippen LogP contribution in [0.4, 0.5) is 0 Å². The molecule has 0 saturated heterocycles. The Hall–Kier alpha value is -0.610. The monoisotopic (exact) mass is 258 g/mol. The van der Waals surface area contributed by atoms with Gasteiger partial charge in [-0.1, -0.05) is 13.8 Å². The standard InChI is InChI=1S/C14H26O4/c1-11(2)4-3-9-18-10-14(17)7-5-12(6-8-14)13(15)16/h11-12,17H,3-10H2,1-2H3,(H,15,16). The Morgan fingerprint density at radius 3 is 2.50 bits per heavy atom. The van der Waals surface area contributed by atoms with Crippen LogP contribution in [-0.4, -0.2) is 35.0 Å². The molecule has 106 valence electrons. The van der Waals surface area contributed by atoms with Crippen LogP contribution in [-0.2, 0) is 9.53 Å². The lowest BCUT2D eigenvalue weighted by molar-refractivity contribution is -0.146. The lowest BCUT2D eigenvalue weighted by Gasteiger charge is -2.34. The lowest BCUT2D eigenvalue weighted by atomic mass is 9.79. The Balaban J connectivity index is 2.16. The van der Waals surface area contributed by atoms with Crippen LogP contribution >= 0.6 is 0 Å². The van der Waals surface area contributed by atoms with Crippen LogP contribution in [0.3, 0.4) is 0 Å². The summed E-state index contributed by atoms with van der Waals surface area (Å²) in [5.41, 5.74) is -0.802. The first-order valence-corrected chi connectivity index (χ1v) is 6.96. The van der Waals surface area contributed by atoms with E-state index in [1.807, 2.05) is 0 Å².